The minimum absolute atomic E-state index is 0.171. The van der Waals surface area contributed by atoms with E-state index < -0.39 is 52.2 Å². The molecule has 1 heterocycles. The highest BCUT2D eigenvalue weighted by atomic mass is 19.2. The van der Waals surface area contributed by atoms with E-state index in [4.69, 9.17) is 0 Å². The van der Waals surface area contributed by atoms with Crippen LogP contribution in [-0.2, 0) is 0 Å². The van der Waals surface area contributed by atoms with Crippen LogP contribution in [0.15, 0.2) is 36.7 Å². The summed E-state index contributed by atoms with van der Waals surface area (Å²) in [5.74, 6) is -10.6. The van der Waals surface area contributed by atoms with Gasteiger partial charge in [-0.2, -0.15) is 0 Å². The van der Waals surface area contributed by atoms with Gasteiger partial charge < -0.3 is 10.6 Å². The summed E-state index contributed by atoms with van der Waals surface area (Å²) >= 11 is 0. The largest absolute Gasteiger partial charge is 0.338 e. The van der Waals surface area contributed by atoms with E-state index in [1.54, 1.807) is 0 Å². The van der Waals surface area contributed by atoms with Crippen molar-refractivity contribution in [3.05, 3.63) is 77.3 Å². The molecule has 3 rings (SSSR count). The monoisotopic (exact) mass is 398 g/mol. The molecule has 28 heavy (non-hydrogen) atoms. The van der Waals surface area contributed by atoms with Gasteiger partial charge in [0.1, 0.15) is 17.8 Å². The van der Waals surface area contributed by atoms with Crippen molar-refractivity contribution >= 4 is 23.1 Å². The number of anilines is 3. The molecular weight excluding hydrogens is 390 g/mol. The fraction of sp³-hybridized carbons (Fsp3) is 0. The van der Waals surface area contributed by atoms with E-state index in [-0.39, 0.29) is 11.5 Å². The van der Waals surface area contributed by atoms with Gasteiger partial charge in [-0.15, -0.1) is 0 Å². The third-order valence-corrected chi connectivity index (χ3v) is 3.48. The van der Waals surface area contributed by atoms with Crippen molar-refractivity contribution in [2.75, 3.05) is 10.6 Å². The maximum atomic E-state index is 13.7. The van der Waals surface area contributed by atoms with E-state index in [0.717, 1.165) is 24.5 Å². The van der Waals surface area contributed by atoms with Gasteiger partial charge in [-0.25, -0.2) is 36.3 Å². The van der Waals surface area contributed by atoms with Crippen LogP contribution in [0.5, 0.6) is 0 Å². The number of carbonyl (C=O) groups excluding carboxylic acids is 1. The molecule has 0 aliphatic carbocycles. The van der Waals surface area contributed by atoms with E-state index in [1.807, 2.05) is 5.32 Å². The smallest absolute Gasteiger partial charge is 0.274 e. The number of rotatable bonds is 4. The second kappa shape index (κ2) is 7.55. The molecule has 3 aromatic rings. The Balaban J connectivity index is 1.83. The summed E-state index contributed by atoms with van der Waals surface area (Å²) in [4.78, 5) is 19.4. The molecule has 0 atom stereocenters. The molecule has 0 unspecified atom stereocenters. The van der Waals surface area contributed by atoms with E-state index >= 15 is 0 Å². The van der Waals surface area contributed by atoms with Crippen LogP contribution in [0.1, 0.15) is 10.5 Å². The second-order valence-corrected chi connectivity index (χ2v) is 5.31. The zero-order valence-corrected chi connectivity index (χ0v) is 13.5. The van der Waals surface area contributed by atoms with Gasteiger partial charge in [0.25, 0.3) is 5.91 Å². The fourth-order valence-electron chi connectivity index (χ4n) is 2.12. The van der Waals surface area contributed by atoms with Gasteiger partial charge >= 0.3 is 0 Å². The predicted octanol–water partition coefficient (Wildman–Crippen LogP) is 4.31. The summed E-state index contributed by atoms with van der Waals surface area (Å²) in [7, 11) is 0. The molecule has 0 saturated carbocycles. The minimum atomic E-state index is -1.77. The molecule has 0 aliphatic heterocycles. The van der Waals surface area contributed by atoms with E-state index in [2.05, 4.69) is 15.3 Å². The first-order valence-electron chi connectivity index (χ1n) is 7.45. The Bertz CT molecular complexity index is 1080. The lowest BCUT2D eigenvalue weighted by atomic mass is 10.2. The normalized spacial score (nSPS) is 10.6. The molecule has 0 saturated heterocycles. The first kappa shape index (κ1) is 19.1. The highest BCUT2D eigenvalue weighted by molar-refractivity contribution is 6.03. The third kappa shape index (κ3) is 3.72. The topological polar surface area (TPSA) is 66.9 Å². The first-order valence-corrected chi connectivity index (χ1v) is 7.45. The van der Waals surface area contributed by atoms with Crippen LogP contribution in [0.4, 0.5) is 43.5 Å². The molecule has 0 fully saturated rings. The molecule has 1 amide bonds. The standard InChI is InChI=1S/C17H8F6N4O/c18-7-1-3-9(15(22)13(7)20)26-12-5-11(24-6-25-12)17(28)27-10-4-2-8(19)14(21)16(10)23/h1-6H,(H,27,28)(H,24,25,26). The number of amides is 1. The van der Waals surface area contributed by atoms with Gasteiger partial charge in [-0.1, -0.05) is 0 Å². The maximum absolute atomic E-state index is 13.7. The lowest BCUT2D eigenvalue weighted by Gasteiger charge is -2.09. The first-order chi connectivity index (χ1) is 13.3. The highest BCUT2D eigenvalue weighted by Gasteiger charge is 2.18. The van der Waals surface area contributed by atoms with Crippen molar-refractivity contribution in [1.82, 2.24) is 9.97 Å². The zero-order chi connectivity index (χ0) is 20.4. The lowest BCUT2D eigenvalue weighted by Crippen LogP contribution is -2.16. The lowest BCUT2D eigenvalue weighted by molar-refractivity contribution is 0.102. The second-order valence-electron chi connectivity index (χ2n) is 5.31. The van der Waals surface area contributed by atoms with Gasteiger partial charge in [-0.3, -0.25) is 4.79 Å². The summed E-state index contributed by atoms with van der Waals surface area (Å²) in [5.41, 5.74) is -1.45. The number of carbonyl (C=O) groups is 1. The average Bonchev–Trinajstić information content (AvgIpc) is 2.69. The van der Waals surface area contributed by atoms with E-state index in [1.165, 1.54) is 0 Å². The number of nitrogens with one attached hydrogen (secondary N) is 2. The minimum Gasteiger partial charge on any atom is -0.338 e. The SMILES string of the molecule is O=C(Nc1ccc(F)c(F)c1F)c1cc(Nc2ccc(F)c(F)c2F)ncn1. The number of benzene rings is 2. The van der Waals surface area contributed by atoms with Crippen LogP contribution in [-0.4, -0.2) is 15.9 Å². The number of halogens is 6. The summed E-state index contributed by atoms with van der Waals surface area (Å²) in [6, 6.07) is 4.01. The molecule has 0 bridgehead atoms. The predicted molar refractivity (Wildman–Crippen MR) is 85.9 cm³/mol. The number of hydrogen-bond acceptors (Lipinski definition) is 4. The van der Waals surface area contributed by atoms with Crippen molar-refractivity contribution in [2.45, 2.75) is 0 Å². The van der Waals surface area contributed by atoms with E-state index in [0.29, 0.717) is 12.1 Å². The molecule has 144 valence electrons. The van der Waals surface area contributed by atoms with Gasteiger partial charge in [0.15, 0.2) is 34.9 Å². The van der Waals surface area contributed by atoms with E-state index in [9.17, 15) is 31.1 Å². The molecule has 0 spiro atoms. The molecule has 2 N–H and O–H groups in total. The van der Waals surface area contributed by atoms with Crippen molar-refractivity contribution in [1.29, 1.82) is 0 Å². The Morgan fingerprint density at radius 1 is 0.750 bits per heavy atom. The molecule has 1 aromatic heterocycles. The molecule has 5 nitrogen and oxygen atoms in total. The average molecular weight is 398 g/mol. The van der Waals surface area contributed by atoms with Gasteiger partial charge in [-0.05, 0) is 24.3 Å². The maximum Gasteiger partial charge on any atom is 0.274 e. The van der Waals surface area contributed by atoms with Gasteiger partial charge in [0.2, 0.25) is 0 Å². The van der Waals surface area contributed by atoms with Crippen molar-refractivity contribution < 1.29 is 31.1 Å². The molecule has 2 aromatic carbocycles. The molecule has 0 radical (unpaired) electrons. The van der Waals surface area contributed by atoms with Crippen molar-refractivity contribution in [3.63, 3.8) is 0 Å². The number of hydrogen-bond donors (Lipinski definition) is 2. The van der Waals surface area contributed by atoms with Crippen molar-refractivity contribution in [2.24, 2.45) is 0 Å². The molecule has 11 heteroatoms. The summed E-state index contributed by atoms with van der Waals surface area (Å²) in [6.45, 7) is 0. The Morgan fingerprint density at radius 3 is 1.96 bits per heavy atom. The molecule has 0 aliphatic rings. The number of nitrogens with zero attached hydrogens (tertiary/aromatic N) is 2. The van der Waals surface area contributed by atoms with Crippen LogP contribution in [0, 0.1) is 34.9 Å². The van der Waals surface area contributed by atoms with Gasteiger partial charge in [0, 0.05) is 6.07 Å². The Kier molecular flexibility index (Phi) is 5.16. The van der Waals surface area contributed by atoms with Crippen LogP contribution >= 0.6 is 0 Å². The Morgan fingerprint density at radius 2 is 1.32 bits per heavy atom. The Hall–Kier alpha value is -3.63. The fourth-order valence-corrected chi connectivity index (χ4v) is 2.12. The third-order valence-electron chi connectivity index (χ3n) is 3.48. The number of aromatic nitrogens is 2. The quantitative estimate of drug-likeness (QED) is 0.508. The summed E-state index contributed by atoms with van der Waals surface area (Å²) < 4.78 is 79.7. The zero-order valence-electron chi connectivity index (χ0n) is 13.5. The summed E-state index contributed by atoms with van der Waals surface area (Å²) in [6.07, 6.45) is 0.886. The van der Waals surface area contributed by atoms with Crippen LogP contribution < -0.4 is 10.6 Å². The summed E-state index contributed by atoms with van der Waals surface area (Å²) in [5, 5.41) is 4.32. The van der Waals surface area contributed by atoms with Crippen LogP contribution in [0.3, 0.4) is 0 Å². The van der Waals surface area contributed by atoms with Crippen LogP contribution in [0.25, 0.3) is 0 Å². The van der Waals surface area contributed by atoms with Crippen molar-refractivity contribution in [3.8, 4) is 0 Å². The highest BCUT2D eigenvalue weighted by Crippen LogP contribution is 2.23. The Labute approximate surface area is 153 Å². The van der Waals surface area contributed by atoms with Crippen LogP contribution in [0.2, 0.25) is 0 Å². The molecular formula is C17H8F6N4O. The van der Waals surface area contributed by atoms with Gasteiger partial charge in [0.05, 0.1) is 11.4 Å².